The zero-order valence-corrected chi connectivity index (χ0v) is 10.1. The quantitative estimate of drug-likeness (QED) is 0.699. The highest BCUT2D eigenvalue weighted by atomic mass is 16.5. The van der Waals surface area contributed by atoms with Gasteiger partial charge in [0.1, 0.15) is 0 Å². The van der Waals surface area contributed by atoms with Crippen molar-refractivity contribution in [1.82, 2.24) is 4.90 Å². The molecule has 3 N–H and O–H groups in total. The Balaban J connectivity index is 2.37. The fourth-order valence-electron chi connectivity index (χ4n) is 1.77. The van der Waals surface area contributed by atoms with Crippen molar-refractivity contribution >= 4 is 11.9 Å². The van der Waals surface area contributed by atoms with Crippen LogP contribution in [0.4, 0.5) is 0 Å². The molecule has 0 radical (unpaired) electrons. The zero-order chi connectivity index (χ0) is 12.8. The van der Waals surface area contributed by atoms with Gasteiger partial charge in [0, 0.05) is 25.6 Å². The minimum atomic E-state index is -0.903. The maximum absolute atomic E-state index is 11.8. The monoisotopic (exact) mass is 244 g/mol. The fourth-order valence-corrected chi connectivity index (χ4v) is 1.77. The minimum absolute atomic E-state index is 0.00908. The zero-order valence-electron chi connectivity index (χ0n) is 10.1. The lowest BCUT2D eigenvalue weighted by Crippen LogP contribution is -2.46. The summed E-state index contributed by atoms with van der Waals surface area (Å²) in [6, 6.07) is 0.00908. The molecule has 0 aromatic rings. The summed E-state index contributed by atoms with van der Waals surface area (Å²) in [5.74, 6) is -0.874. The highest BCUT2D eigenvalue weighted by molar-refractivity contribution is 5.76. The second-order valence-electron chi connectivity index (χ2n) is 4.45. The number of carbonyl (C=O) groups excluding carboxylic acids is 1. The summed E-state index contributed by atoms with van der Waals surface area (Å²) in [5.41, 5.74) is 5.59. The van der Waals surface area contributed by atoms with E-state index in [0.29, 0.717) is 32.5 Å². The highest BCUT2D eigenvalue weighted by Gasteiger charge is 2.25. The van der Waals surface area contributed by atoms with Crippen LogP contribution in [0, 0.1) is 0 Å². The van der Waals surface area contributed by atoms with Gasteiger partial charge in [-0.2, -0.15) is 0 Å². The third-order valence-corrected chi connectivity index (χ3v) is 2.71. The number of nitrogens with zero attached hydrogens (tertiary/aromatic N) is 1. The van der Waals surface area contributed by atoms with Gasteiger partial charge in [-0.1, -0.05) is 0 Å². The molecule has 0 aromatic carbocycles. The van der Waals surface area contributed by atoms with Crippen LogP contribution in [-0.4, -0.2) is 53.7 Å². The molecule has 1 fully saturated rings. The summed E-state index contributed by atoms with van der Waals surface area (Å²) in [4.78, 5) is 24.0. The predicted octanol–water partition coefficient (Wildman–Crippen LogP) is -0.184. The molecular formula is C11H20N2O4. The molecule has 1 amide bonds. The fraction of sp³-hybridized carbons (Fsp3) is 0.818. The summed E-state index contributed by atoms with van der Waals surface area (Å²) >= 11 is 0. The van der Waals surface area contributed by atoms with Gasteiger partial charge in [-0.3, -0.25) is 9.59 Å². The molecule has 17 heavy (non-hydrogen) atoms. The van der Waals surface area contributed by atoms with Gasteiger partial charge in [-0.05, 0) is 13.3 Å². The first kappa shape index (κ1) is 13.9. The van der Waals surface area contributed by atoms with Crippen LogP contribution < -0.4 is 5.73 Å². The Morgan fingerprint density at radius 3 is 2.88 bits per heavy atom. The average molecular weight is 244 g/mol. The third-order valence-electron chi connectivity index (χ3n) is 2.71. The van der Waals surface area contributed by atoms with E-state index in [-0.39, 0.29) is 24.5 Å². The summed E-state index contributed by atoms with van der Waals surface area (Å²) in [6.45, 7) is 3.17. The number of carboxylic acids is 1. The number of rotatable bonds is 5. The van der Waals surface area contributed by atoms with E-state index in [1.54, 1.807) is 4.90 Å². The van der Waals surface area contributed by atoms with E-state index in [2.05, 4.69) is 0 Å². The van der Waals surface area contributed by atoms with Crippen LogP contribution in [0.2, 0.25) is 0 Å². The molecule has 98 valence electrons. The van der Waals surface area contributed by atoms with Gasteiger partial charge in [0.25, 0.3) is 0 Å². The number of aliphatic carboxylic acids is 1. The molecule has 0 spiro atoms. The van der Waals surface area contributed by atoms with Gasteiger partial charge in [-0.15, -0.1) is 0 Å². The molecule has 0 aliphatic carbocycles. The minimum Gasteiger partial charge on any atom is -0.481 e. The van der Waals surface area contributed by atoms with Crippen molar-refractivity contribution in [3.63, 3.8) is 0 Å². The molecule has 0 saturated carbocycles. The number of morpholine rings is 1. The first-order valence-electron chi connectivity index (χ1n) is 5.85. The van der Waals surface area contributed by atoms with Gasteiger partial charge in [0.2, 0.25) is 5.91 Å². The van der Waals surface area contributed by atoms with Crippen LogP contribution in [0.5, 0.6) is 0 Å². The number of carboxylic acid groups (broad SMARTS) is 1. The van der Waals surface area contributed by atoms with Crippen molar-refractivity contribution in [3.05, 3.63) is 0 Å². The Morgan fingerprint density at radius 1 is 1.59 bits per heavy atom. The van der Waals surface area contributed by atoms with E-state index in [1.807, 2.05) is 6.92 Å². The molecule has 0 bridgehead atoms. The van der Waals surface area contributed by atoms with Crippen LogP contribution in [0.3, 0.4) is 0 Å². The van der Waals surface area contributed by atoms with Crippen molar-refractivity contribution in [1.29, 1.82) is 0 Å². The molecule has 1 rings (SSSR count). The van der Waals surface area contributed by atoms with Crippen molar-refractivity contribution in [2.75, 3.05) is 19.7 Å². The lowest BCUT2D eigenvalue weighted by atomic mass is 10.1. The van der Waals surface area contributed by atoms with E-state index in [0.717, 1.165) is 0 Å². The van der Waals surface area contributed by atoms with E-state index in [1.165, 1.54) is 0 Å². The molecule has 6 nitrogen and oxygen atoms in total. The maximum atomic E-state index is 11.8. The van der Waals surface area contributed by atoms with Gasteiger partial charge >= 0.3 is 5.97 Å². The second-order valence-corrected chi connectivity index (χ2v) is 4.45. The topological polar surface area (TPSA) is 92.9 Å². The van der Waals surface area contributed by atoms with E-state index in [4.69, 9.17) is 15.6 Å². The van der Waals surface area contributed by atoms with Crippen LogP contribution >= 0.6 is 0 Å². The summed E-state index contributed by atoms with van der Waals surface area (Å²) in [6.07, 6.45) is 0.620. The maximum Gasteiger partial charge on any atom is 0.306 e. The molecule has 2 unspecified atom stereocenters. The molecule has 6 heteroatoms. The van der Waals surface area contributed by atoms with Crippen molar-refractivity contribution in [2.45, 2.75) is 38.3 Å². The van der Waals surface area contributed by atoms with E-state index < -0.39 is 5.97 Å². The Hall–Kier alpha value is -1.14. The number of hydrogen-bond acceptors (Lipinski definition) is 4. The second kappa shape index (κ2) is 6.56. The van der Waals surface area contributed by atoms with Crippen LogP contribution in [0.25, 0.3) is 0 Å². The Bertz CT molecular complexity index is 281. The molecule has 1 aliphatic rings. The van der Waals surface area contributed by atoms with Crippen LogP contribution in [0.1, 0.15) is 26.2 Å². The smallest absolute Gasteiger partial charge is 0.306 e. The summed E-state index contributed by atoms with van der Waals surface area (Å²) < 4.78 is 5.30. The Morgan fingerprint density at radius 2 is 2.29 bits per heavy atom. The first-order chi connectivity index (χ1) is 7.99. The Labute approximate surface area is 101 Å². The van der Waals surface area contributed by atoms with Crippen molar-refractivity contribution < 1.29 is 19.4 Å². The number of carbonyl (C=O) groups is 2. The number of ether oxygens (including phenoxy) is 1. The van der Waals surface area contributed by atoms with Gasteiger partial charge in [0.05, 0.1) is 19.1 Å². The van der Waals surface area contributed by atoms with Gasteiger partial charge in [-0.25, -0.2) is 0 Å². The standard InChI is InChI=1S/C11H20N2O4/c1-8(12)2-3-10(14)13-4-5-17-9(7-13)6-11(15)16/h8-9H,2-7,12H2,1H3,(H,15,16). The van der Waals surface area contributed by atoms with Crippen LogP contribution in [0.15, 0.2) is 0 Å². The molecule has 2 atom stereocenters. The highest BCUT2D eigenvalue weighted by Crippen LogP contribution is 2.11. The van der Waals surface area contributed by atoms with Crippen molar-refractivity contribution in [3.8, 4) is 0 Å². The number of amides is 1. The predicted molar refractivity (Wildman–Crippen MR) is 61.5 cm³/mol. The third kappa shape index (κ3) is 5.14. The number of hydrogen-bond donors (Lipinski definition) is 2. The number of nitrogens with two attached hydrogens (primary N) is 1. The van der Waals surface area contributed by atoms with E-state index in [9.17, 15) is 9.59 Å². The lowest BCUT2D eigenvalue weighted by Gasteiger charge is -2.32. The molecular weight excluding hydrogens is 224 g/mol. The van der Waals surface area contributed by atoms with E-state index >= 15 is 0 Å². The van der Waals surface area contributed by atoms with Crippen molar-refractivity contribution in [2.24, 2.45) is 5.73 Å². The summed E-state index contributed by atoms with van der Waals surface area (Å²) in [5, 5.41) is 8.67. The molecule has 1 saturated heterocycles. The summed E-state index contributed by atoms with van der Waals surface area (Å²) in [7, 11) is 0. The van der Waals surface area contributed by atoms with Gasteiger partial charge in [0.15, 0.2) is 0 Å². The van der Waals surface area contributed by atoms with Gasteiger partial charge < -0.3 is 20.5 Å². The SMILES string of the molecule is CC(N)CCC(=O)N1CCOC(CC(=O)O)C1. The normalized spacial score (nSPS) is 22.2. The first-order valence-corrected chi connectivity index (χ1v) is 5.85. The largest absolute Gasteiger partial charge is 0.481 e. The molecule has 1 heterocycles. The molecule has 1 aliphatic heterocycles. The average Bonchev–Trinajstić information content (AvgIpc) is 2.25. The lowest BCUT2D eigenvalue weighted by molar-refractivity contribution is -0.147. The Kier molecular flexibility index (Phi) is 5.37. The molecule has 0 aromatic heterocycles. The van der Waals surface area contributed by atoms with Crippen LogP contribution in [-0.2, 0) is 14.3 Å².